The number of likely N-dealkylation sites (tertiary alicyclic amines) is 1. The SMILES string of the molecule is CCOC(=O)/C(C)=C/C(C(C)C)N(C)C(=O)C(NC(=O)C1CCCCN1C1CCC1)C(C)(C)C. The highest BCUT2D eigenvalue weighted by Gasteiger charge is 2.41. The van der Waals surface area contributed by atoms with Gasteiger partial charge in [0.2, 0.25) is 11.8 Å². The van der Waals surface area contributed by atoms with Crippen LogP contribution in [0.15, 0.2) is 11.6 Å². The van der Waals surface area contributed by atoms with Crippen molar-refractivity contribution in [2.24, 2.45) is 11.3 Å². The number of rotatable bonds is 9. The number of nitrogens with one attached hydrogen (secondary N) is 1. The van der Waals surface area contributed by atoms with E-state index in [1.54, 1.807) is 25.8 Å². The van der Waals surface area contributed by atoms with Crippen LogP contribution in [0.5, 0.6) is 0 Å². The summed E-state index contributed by atoms with van der Waals surface area (Å²) in [4.78, 5) is 43.5. The Hall–Kier alpha value is -1.89. The third-order valence-corrected chi connectivity index (χ3v) is 7.29. The largest absolute Gasteiger partial charge is 0.463 e. The zero-order chi connectivity index (χ0) is 25.6. The second-order valence-electron chi connectivity index (χ2n) is 11.4. The highest BCUT2D eigenvalue weighted by Crippen LogP contribution is 2.31. The van der Waals surface area contributed by atoms with Crippen molar-refractivity contribution in [1.82, 2.24) is 15.1 Å². The molecule has 7 heteroatoms. The van der Waals surface area contributed by atoms with E-state index in [0.717, 1.165) is 38.6 Å². The number of esters is 1. The zero-order valence-electron chi connectivity index (χ0n) is 22.6. The highest BCUT2D eigenvalue weighted by molar-refractivity contribution is 5.91. The quantitative estimate of drug-likeness (QED) is 0.402. The minimum Gasteiger partial charge on any atom is -0.463 e. The molecule has 1 heterocycles. The molecule has 2 rings (SSSR count). The number of carbonyl (C=O) groups is 3. The zero-order valence-corrected chi connectivity index (χ0v) is 22.6. The Bertz CT molecular complexity index is 751. The van der Waals surface area contributed by atoms with Crippen molar-refractivity contribution < 1.29 is 19.1 Å². The summed E-state index contributed by atoms with van der Waals surface area (Å²) in [5.41, 5.74) is 0.0215. The predicted octanol–water partition coefficient (Wildman–Crippen LogP) is 3.92. The van der Waals surface area contributed by atoms with Crippen molar-refractivity contribution >= 4 is 17.8 Å². The van der Waals surface area contributed by atoms with Gasteiger partial charge in [0.1, 0.15) is 6.04 Å². The molecule has 0 spiro atoms. The van der Waals surface area contributed by atoms with E-state index >= 15 is 0 Å². The molecule has 0 aromatic rings. The molecule has 1 saturated carbocycles. The first-order chi connectivity index (χ1) is 15.9. The number of hydrogen-bond acceptors (Lipinski definition) is 5. The van der Waals surface area contributed by atoms with Crippen LogP contribution in [0.25, 0.3) is 0 Å². The maximum Gasteiger partial charge on any atom is 0.333 e. The van der Waals surface area contributed by atoms with Crippen LogP contribution in [0.2, 0.25) is 0 Å². The summed E-state index contributed by atoms with van der Waals surface area (Å²) in [6.45, 7) is 14.8. The summed E-state index contributed by atoms with van der Waals surface area (Å²) < 4.78 is 5.12. The van der Waals surface area contributed by atoms with Crippen LogP contribution < -0.4 is 5.32 Å². The van der Waals surface area contributed by atoms with Gasteiger partial charge in [-0.05, 0) is 57.4 Å². The molecular formula is C27H47N3O4. The van der Waals surface area contributed by atoms with Gasteiger partial charge in [-0.2, -0.15) is 0 Å². The van der Waals surface area contributed by atoms with E-state index in [1.165, 1.54) is 6.42 Å². The van der Waals surface area contributed by atoms with E-state index in [-0.39, 0.29) is 35.8 Å². The lowest BCUT2D eigenvalue weighted by Crippen LogP contribution is -2.61. The fourth-order valence-electron chi connectivity index (χ4n) is 4.95. The van der Waals surface area contributed by atoms with E-state index in [4.69, 9.17) is 4.74 Å². The maximum absolute atomic E-state index is 13.8. The summed E-state index contributed by atoms with van der Waals surface area (Å²) in [6.07, 6.45) is 8.39. The lowest BCUT2D eigenvalue weighted by Gasteiger charge is -2.45. The molecule has 1 saturated heterocycles. The minimum absolute atomic E-state index is 0.0346. The van der Waals surface area contributed by atoms with Crippen molar-refractivity contribution in [3.63, 3.8) is 0 Å². The highest BCUT2D eigenvalue weighted by atomic mass is 16.5. The van der Waals surface area contributed by atoms with Gasteiger partial charge in [0.25, 0.3) is 0 Å². The number of likely N-dealkylation sites (N-methyl/N-ethyl adjacent to an activating group) is 1. The van der Waals surface area contributed by atoms with Crippen LogP contribution in [-0.2, 0) is 19.1 Å². The molecule has 3 unspecified atom stereocenters. The van der Waals surface area contributed by atoms with Crippen LogP contribution in [0.4, 0.5) is 0 Å². The van der Waals surface area contributed by atoms with Gasteiger partial charge in [0.15, 0.2) is 0 Å². The van der Waals surface area contributed by atoms with Gasteiger partial charge in [-0.25, -0.2) is 4.79 Å². The normalized spacial score (nSPS) is 22.0. The minimum atomic E-state index is -0.660. The Balaban J connectivity index is 2.22. The molecule has 1 aliphatic carbocycles. The lowest BCUT2D eigenvalue weighted by molar-refractivity contribution is -0.142. The molecule has 0 bridgehead atoms. The number of ether oxygens (including phenoxy) is 1. The summed E-state index contributed by atoms with van der Waals surface area (Å²) in [5.74, 6) is -0.462. The van der Waals surface area contributed by atoms with Gasteiger partial charge in [0.05, 0.1) is 18.7 Å². The molecule has 194 valence electrons. The summed E-state index contributed by atoms with van der Waals surface area (Å²) in [7, 11) is 1.76. The molecule has 1 N–H and O–H groups in total. The van der Waals surface area contributed by atoms with Crippen molar-refractivity contribution in [3.05, 3.63) is 11.6 Å². The Labute approximate surface area is 206 Å². The standard InChI is InChI=1S/C27H47N3O4/c1-9-34-26(33)19(4)17-22(18(2)3)29(8)25(32)23(27(5,6)7)28-24(31)21-15-10-11-16-30(21)20-13-12-14-20/h17-18,20-23H,9-16H2,1-8H3,(H,28,31)/b19-17+. The van der Waals surface area contributed by atoms with Crippen molar-refractivity contribution in [2.45, 2.75) is 111 Å². The number of nitrogens with zero attached hydrogens (tertiary/aromatic N) is 2. The number of carbonyl (C=O) groups excluding carboxylic acids is 3. The van der Waals surface area contributed by atoms with Crippen molar-refractivity contribution in [1.29, 1.82) is 0 Å². The fourth-order valence-corrected chi connectivity index (χ4v) is 4.95. The van der Waals surface area contributed by atoms with Gasteiger partial charge >= 0.3 is 5.97 Å². The van der Waals surface area contributed by atoms with Gasteiger partial charge in [-0.15, -0.1) is 0 Å². The number of piperidine rings is 1. The lowest BCUT2D eigenvalue weighted by atomic mass is 9.84. The number of amides is 2. The average molecular weight is 478 g/mol. The number of hydrogen-bond donors (Lipinski definition) is 1. The van der Waals surface area contributed by atoms with E-state index < -0.39 is 11.5 Å². The first-order valence-corrected chi connectivity index (χ1v) is 13.1. The van der Waals surface area contributed by atoms with Crippen molar-refractivity contribution in [2.75, 3.05) is 20.2 Å². The van der Waals surface area contributed by atoms with Crippen LogP contribution in [0.3, 0.4) is 0 Å². The average Bonchev–Trinajstić information content (AvgIpc) is 2.72. The summed E-state index contributed by atoms with van der Waals surface area (Å²) >= 11 is 0. The van der Waals surface area contributed by atoms with Gasteiger partial charge in [0, 0.05) is 18.7 Å². The molecule has 2 amide bonds. The molecule has 2 aliphatic rings. The smallest absolute Gasteiger partial charge is 0.333 e. The monoisotopic (exact) mass is 477 g/mol. The Morgan fingerprint density at radius 3 is 2.26 bits per heavy atom. The van der Waals surface area contributed by atoms with Crippen LogP contribution in [0, 0.1) is 11.3 Å². The Kier molecular flexibility index (Phi) is 10.2. The predicted molar refractivity (Wildman–Crippen MR) is 135 cm³/mol. The fraction of sp³-hybridized carbons (Fsp3) is 0.815. The molecule has 1 aliphatic heterocycles. The van der Waals surface area contributed by atoms with Crippen LogP contribution in [-0.4, -0.2) is 72.0 Å². The third kappa shape index (κ3) is 7.06. The topological polar surface area (TPSA) is 79.0 Å². The van der Waals surface area contributed by atoms with E-state index in [2.05, 4.69) is 10.2 Å². The molecular weight excluding hydrogens is 430 g/mol. The molecule has 7 nitrogen and oxygen atoms in total. The maximum atomic E-state index is 13.8. The second kappa shape index (κ2) is 12.2. The van der Waals surface area contributed by atoms with Gasteiger partial charge in [-0.1, -0.05) is 53.5 Å². The molecule has 0 aromatic heterocycles. The third-order valence-electron chi connectivity index (χ3n) is 7.29. The van der Waals surface area contributed by atoms with Gasteiger partial charge < -0.3 is 15.0 Å². The molecule has 0 aromatic carbocycles. The second-order valence-corrected chi connectivity index (χ2v) is 11.4. The van der Waals surface area contributed by atoms with Crippen molar-refractivity contribution in [3.8, 4) is 0 Å². The van der Waals surface area contributed by atoms with E-state index in [9.17, 15) is 14.4 Å². The molecule has 34 heavy (non-hydrogen) atoms. The van der Waals surface area contributed by atoms with E-state index in [1.807, 2.05) is 40.7 Å². The molecule has 3 atom stereocenters. The van der Waals surface area contributed by atoms with Gasteiger partial charge in [-0.3, -0.25) is 14.5 Å². The first-order valence-electron chi connectivity index (χ1n) is 13.1. The first kappa shape index (κ1) is 28.3. The van der Waals surface area contributed by atoms with E-state index in [0.29, 0.717) is 18.2 Å². The summed E-state index contributed by atoms with van der Waals surface area (Å²) in [5, 5.41) is 3.15. The molecule has 2 fully saturated rings. The summed E-state index contributed by atoms with van der Waals surface area (Å²) in [6, 6.07) is -0.606. The Morgan fingerprint density at radius 2 is 1.76 bits per heavy atom. The molecule has 0 radical (unpaired) electrons. The Morgan fingerprint density at radius 1 is 1.12 bits per heavy atom. The van der Waals surface area contributed by atoms with Crippen LogP contribution >= 0.6 is 0 Å². The van der Waals surface area contributed by atoms with Crippen LogP contribution in [0.1, 0.15) is 87.0 Å².